The molecule has 4 nitrogen and oxygen atoms in total. The Morgan fingerprint density at radius 1 is 1.29 bits per heavy atom. The summed E-state index contributed by atoms with van der Waals surface area (Å²) in [6, 6.07) is 2.34. The van der Waals surface area contributed by atoms with E-state index >= 15 is 0 Å². The number of rotatable bonds is 4. The zero-order valence-corrected chi connectivity index (χ0v) is 14.8. The molecule has 24 heavy (non-hydrogen) atoms. The fraction of sp³-hybridized carbons (Fsp3) is 0.550. The van der Waals surface area contributed by atoms with Crippen LogP contribution in [-0.4, -0.2) is 23.7 Å². The SMILES string of the molecule is Cc1cc(C)c2c(CC(=O)N[C@@H]3CCC[C@@H](CO)C3)coc2c1C. The maximum absolute atomic E-state index is 12.5. The van der Waals surface area contributed by atoms with E-state index < -0.39 is 0 Å². The summed E-state index contributed by atoms with van der Waals surface area (Å²) in [5, 5.41) is 13.5. The Bertz CT molecular complexity index is 747. The average Bonchev–Trinajstić information content (AvgIpc) is 2.97. The Hall–Kier alpha value is -1.81. The Balaban J connectivity index is 1.73. The number of aliphatic hydroxyl groups excluding tert-OH is 1. The molecule has 0 unspecified atom stereocenters. The molecule has 0 radical (unpaired) electrons. The zero-order valence-electron chi connectivity index (χ0n) is 14.8. The molecular weight excluding hydrogens is 302 g/mol. The topological polar surface area (TPSA) is 62.5 Å². The van der Waals surface area contributed by atoms with E-state index in [-0.39, 0.29) is 18.6 Å². The van der Waals surface area contributed by atoms with Crippen molar-refractivity contribution in [2.24, 2.45) is 5.92 Å². The number of fused-ring (bicyclic) bond motifs is 1. The van der Waals surface area contributed by atoms with Crippen molar-refractivity contribution in [3.63, 3.8) is 0 Å². The molecule has 1 aliphatic carbocycles. The summed E-state index contributed by atoms with van der Waals surface area (Å²) in [6.07, 6.45) is 6.09. The van der Waals surface area contributed by atoms with Crippen LogP contribution in [0, 0.1) is 26.7 Å². The highest BCUT2D eigenvalue weighted by molar-refractivity contribution is 5.91. The van der Waals surface area contributed by atoms with Crippen LogP contribution in [0.15, 0.2) is 16.7 Å². The number of furan rings is 1. The molecule has 1 amide bonds. The number of nitrogens with one attached hydrogen (secondary N) is 1. The van der Waals surface area contributed by atoms with E-state index in [2.05, 4.69) is 32.2 Å². The summed E-state index contributed by atoms with van der Waals surface area (Å²) in [4.78, 5) is 12.5. The van der Waals surface area contributed by atoms with Gasteiger partial charge in [0.2, 0.25) is 5.91 Å². The molecule has 2 atom stereocenters. The van der Waals surface area contributed by atoms with E-state index in [0.29, 0.717) is 12.3 Å². The number of amides is 1. The van der Waals surface area contributed by atoms with Gasteiger partial charge in [-0.25, -0.2) is 0 Å². The van der Waals surface area contributed by atoms with Crippen LogP contribution in [0.2, 0.25) is 0 Å². The highest BCUT2D eigenvalue weighted by Crippen LogP contribution is 2.30. The molecular formula is C20H27NO3. The van der Waals surface area contributed by atoms with Gasteiger partial charge in [0.1, 0.15) is 5.58 Å². The van der Waals surface area contributed by atoms with Gasteiger partial charge < -0.3 is 14.8 Å². The van der Waals surface area contributed by atoms with Gasteiger partial charge in [0.25, 0.3) is 0 Å². The summed E-state index contributed by atoms with van der Waals surface area (Å²) in [6.45, 7) is 6.42. The molecule has 3 rings (SSSR count). The molecule has 0 aliphatic heterocycles. The van der Waals surface area contributed by atoms with E-state index in [0.717, 1.165) is 53.3 Å². The molecule has 2 aromatic rings. The van der Waals surface area contributed by atoms with Crippen LogP contribution in [0.1, 0.15) is 47.9 Å². The van der Waals surface area contributed by atoms with E-state index in [1.165, 1.54) is 5.56 Å². The summed E-state index contributed by atoms with van der Waals surface area (Å²) in [5.41, 5.74) is 5.36. The summed E-state index contributed by atoms with van der Waals surface area (Å²) in [7, 11) is 0. The fourth-order valence-corrected chi connectivity index (χ4v) is 3.96. The fourth-order valence-electron chi connectivity index (χ4n) is 3.96. The maximum Gasteiger partial charge on any atom is 0.224 e. The van der Waals surface area contributed by atoms with Crippen LogP contribution < -0.4 is 5.32 Å². The van der Waals surface area contributed by atoms with Crippen molar-refractivity contribution in [1.29, 1.82) is 0 Å². The van der Waals surface area contributed by atoms with Gasteiger partial charge in [-0.15, -0.1) is 0 Å². The molecule has 4 heteroatoms. The molecule has 2 N–H and O–H groups in total. The number of carbonyl (C=O) groups is 1. The van der Waals surface area contributed by atoms with E-state index in [9.17, 15) is 9.90 Å². The monoisotopic (exact) mass is 329 g/mol. The highest BCUT2D eigenvalue weighted by atomic mass is 16.3. The number of aryl methyl sites for hydroxylation is 3. The van der Waals surface area contributed by atoms with Crippen molar-refractivity contribution in [3.05, 3.63) is 34.6 Å². The van der Waals surface area contributed by atoms with Crippen molar-refractivity contribution >= 4 is 16.9 Å². The van der Waals surface area contributed by atoms with Gasteiger partial charge in [-0.05, 0) is 62.6 Å². The Kier molecular flexibility index (Phi) is 4.95. The van der Waals surface area contributed by atoms with Gasteiger partial charge in [0, 0.05) is 23.6 Å². The van der Waals surface area contributed by atoms with Gasteiger partial charge in [-0.2, -0.15) is 0 Å². The first kappa shape index (κ1) is 17.0. The molecule has 1 aromatic carbocycles. The highest BCUT2D eigenvalue weighted by Gasteiger charge is 2.23. The van der Waals surface area contributed by atoms with Crippen LogP contribution in [0.3, 0.4) is 0 Å². The molecule has 130 valence electrons. The van der Waals surface area contributed by atoms with Crippen molar-refractivity contribution < 1.29 is 14.3 Å². The number of aliphatic hydroxyl groups is 1. The molecule has 0 spiro atoms. The van der Waals surface area contributed by atoms with Crippen molar-refractivity contribution in [3.8, 4) is 0 Å². The van der Waals surface area contributed by atoms with Crippen LogP contribution in [-0.2, 0) is 11.2 Å². The predicted molar refractivity (Wildman–Crippen MR) is 95.1 cm³/mol. The van der Waals surface area contributed by atoms with Crippen molar-refractivity contribution in [2.45, 2.75) is 58.9 Å². The minimum atomic E-state index is 0.0407. The number of carbonyl (C=O) groups excluding carboxylic acids is 1. The zero-order chi connectivity index (χ0) is 17.3. The molecule has 1 aliphatic rings. The first-order valence-corrected chi connectivity index (χ1v) is 8.86. The van der Waals surface area contributed by atoms with Crippen LogP contribution in [0.4, 0.5) is 0 Å². The normalized spacial score (nSPS) is 21.2. The molecule has 1 heterocycles. The Morgan fingerprint density at radius 2 is 2.08 bits per heavy atom. The maximum atomic E-state index is 12.5. The minimum Gasteiger partial charge on any atom is -0.464 e. The van der Waals surface area contributed by atoms with Crippen molar-refractivity contribution in [1.82, 2.24) is 5.32 Å². The van der Waals surface area contributed by atoms with E-state index in [1.807, 2.05) is 0 Å². The third-order valence-corrected chi connectivity index (χ3v) is 5.38. The van der Waals surface area contributed by atoms with Crippen molar-refractivity contribution in [2.75, 3.05) is 6.61 Å². The summed E-state index contributed by atoms with van der Waals surface area (Å²) >= 11 is 0. The van der Waals surface area contributed by atoms with Gasteiger partial charge >= 0.3 is 0 Å². The Morgan fingerprint density at radius 3 is 2.83 bits per heavy atom. The van der Waals surface area contributed by atoms with Gasteiger partial charge in [-0.3, -0.25) is 4.79 Å². The Labute approximate surface area is 143 Å². The first-order chi connectivity index (χ1) is 11.5. The summed E-state index contributed by atoms with van der Waals surface area (Å²) < 4.78 is 5.75. The molecule has 1 aromatic heterocycles. The molecule has 0 saturated heterocycles. The molecule has 1 fully saturated rings. The second-order valence-corrected chi connectivity index (χ2v) is 7.26. The second-order valence-electron chi connectivity index (χ2n) is 7.26. The lowest BCUT2D eigenvalue weighted by molar-refractivity contribution is -0.121. The van der Waals surface area contributed by atoms with Crippen LogP contribution in [0.5, 0.6) is 0 Å². The smallest absolute Gasteiger partial charge is 0.224 e. The van der Waals surface area contributed by atoms with Gasteiger partial charge in [-0.1, -0.05) is 12.5 Å². The summed E-state index contributed by atoms with van der Waals surface area (Å²) in [5.74, 6) is 0.366. The van der Waals surface area contributed by atoms with Crippen LogP contribution in [0.25, 0.3) is 11.0 Å². The third kappa shape index (κ3) is 3.34. The number of benzene rings is 1. The van der Waals surface area contributed by atoms with E-state index in [1.54, 1.807) is 6.26 Å². The predicted octanol–water partition coefficient (Wildman–Crippen LogP) is 3.57. The van der Waals surface area contributed by atoms with Gasteiger partial charge in [0.05, 0.1) is 12.7 Å². The van der Waals surface area contributed by atoms with E-state index in [4.69, 9.17) is 4.42 Å². The lowest BCUT2D eigenvalue weighted by Gasteiger charge is -2.28. The third-order valence-electron chi connectivity index (χ3n) is 5.38. The standard InChI is InChI=1S/C20H27NO3/c1-12-7-13(2)19-16(11-24-20(19)14(12)3)9-18(23)21-17-6-4-5-15(8-17)10-22/h7,11,15,17,22H,4-6,8-10H2,1-3H3,(H,21,23)/t15-,17-/m1/s1. The lowest BCUT2D eigenvalue weighted by Crippen LogP contribution is -2.39. The van der Waals surface area contributed by atoms with Gasteiger partial charge in [0.15, 0.2) is 0 Å². The second kappa shape index (κ2) is 6.98. The number of hydrogen-bond donors (Lipinski definition) is 2. The average molecular weight is 329 g/mol. The first-order valence-electron chi connectivity index (χ1n) is 8.86. The number of hydrogen-bond acceptors (Lipinski definition) is 3. The molecule has 0 bridgehead atoms. The quantitative estimate of drug-likeness (QED) is 0.901. The molecule has 1 saturated carbocycles. The largest absolute Gasteiger partial charge is 0.464 e. The van der Waals surface area contributed by atoms with Crippen LogP contribution >= 0.6 is 0 Å². The minimum absolute atomic E-state index is 0.0407. The lowest BCUT2D eigenvalue weighted by atomic mass is 9.86.